The normalized spacial score (nSPS) is 11.1. The highest BCUT2D eigenvalue weighted by molar-refractivity contribution is 6.31. The minimum atomic E-state index is -0.499. The average Bonchev–Trinajstić information content (AvgIpc) is 3.08. The highest BCUT2D eigenvalue weighted by Gasteiger charge is 2.18. The molecule has 0 saturated carbocycles. The first kappa shape index (κ1) is 19.0. The number of hydrogen-bond donors (Lipinski definition) is 2. The molecule has 148 valence electrons. The van der Waals surface area contributed by atoms with Crippen molar-refractivity contribution in [1.29, 1.82) is 0 Å². The predicted molar refractivity (Wildman–Crippen MR) is 115 cm³/mol. The van der Waals surface area contributed by atoms with Crippen molar-refractivity contribution in [1.82, 2.24) is 19.1 Å². The SMILES string of the molecule is Cn1c(=O)[nH]c(=O)c2c1nc(NCCc1ccccc1)n2Cc1ccccc1Cl. The third-order valence-corrected chi connectivity index (χ3v) is 5.20. The molecule has 4 rings (SSSR count). The van der Waals surface area contributed by atoms with Crippen molar-refractivity contribution in [3.8, 4) is 0 Å². The van der Waals surface area contributed by atoms with Gasteiger partial charge >= 0.3 is 5.69 Å². The molecule has 0 bridgehead atoms. The van der Waals surface area contributed by atoms with Crippen LogP contribution in [0.4, 0.5) is 5.95 Å². The molecule has 0 aliphatic heterocycles. The minimum absolute atomic E-state index is 0.327. The van der Waals surface area contributed by atoms with Crippen LogP contribution in [0, 0.1) is 0 Å². The van der Waals surface area contributed by atoms with Gasteiger partial charge < -0.3 is 5.32 Å². The zero-order chi connectivity index (χ0) is 20.4. The molecule has 29 heavy (non-hydrogen) atoms. The monoisotopic (exact) mass is 409 g/mol. The van der Waals surface area contributed by atoms with Crippen LogP contribution < -0.4 is 16.6 Å². The number of fused-ring (bicyclic) bond motifs is 1. The van der Waals surface area contributed by atoms with Gasteiger partial charge in [-0.15, -0.1) is 0 Å². The summed E-state index contributed by atoms with van der Waals surface area (Å²) in [5.41, 5.74) is 1.73. The zero-order valence-electron chi connectivity index (χ0n) is 15.9. The van der Waals surface area contributed by atoms with E-state index in [9.17, 15) is 9.59 Å². The van der Waals surface area contributed by atoms with Gasteiger partial charge in [-0.3, -0.25) is 18.9 Å². The number of aromatic amines is 1. The molecule has 8 heteroatoms. The van der Waals surface area contributed by atoms with Crippen LogP contribution in [0.3, 0.4) is 0 Å². The topological polar surface area (TPSA) is 84.7 Å². The first-order chi connectivity index (χ1) is 14.0. The molecule has 0 atom stereocenters. The van der Waals surface area contributed by atoms with Gasteiger partial charge in [0.1, 0.15) is 0 Å². The second-order valence-corrected chi connectivity index (χ2v) is 7.17. The fourth-order valence-corrected chi connectivity index (χ4v) is 3.48. The Kier molecular flexibility index (Phi) is 5.22. The van der Waals surface area contributed by atoms with Crippen molar-refractivity contribution in [3.63, 3.8) is 0 Å². The Morgan fingerprint density at radius 1 is 1.07 bits per heavy atom. The zero-order valence-corrected chi connectivity index (χ0v) is 16.6. The summed E-state index contributed by atoms with van der Waals surface area (Å²) in [6.07, 6.45) is 0.797. The van der Waals surface area contributed by atoms with E-state index in [1.165, 1.54) is 10.1 Å². The molecule has 0 unspecified atom stereocenters. The van der Waals surface area contributed by atoms with Crippen LogP contribution >= 0.6 is 11.6 Å². The van der Waals surface area contributed by atoms with Gasteiger partial charge in [0.2, 0.25) is 5.95 Å². The van der Waals surface area contributed by atoms with Gasteiger partial charge in [0.15, 0.2) is 11.2 Å². The lowest BCUT2D eigenvalue weighted by Gasteiger charge is -2.11. The number of nitrogens with zero attached hydrogens (tertiary/aromatic N) is 3. The summed E-state index contributed by atoms with van der Waals surface area (Å²) in [6, 6.07) is 17.5. The Labute approximate surface area is 171 Å². The molecule has 4 aromatic rings. The van der Waals surface area contributed by atoms with E-state index in [-0.39, 0.29) is 0 Å². The van der Waals surface area contributed by atoms with Gasteiger partial charge in [-0.1, -0.05) is 60.1 Å². The van der Waals surface area contributed by atoms with Crippen LogP contribution in [0.2, 0.25) is 5.02 Å². The number of hydrogen-bond acceptors (Lipinski definition) is 4. The third-order valence-electron chi connectivity index (χ3n) is 4.83. The number of H-pyrrole nitrogens is 1. The Morgan fingerprint density at radius 2 is 1.79 bits per heavy atom. The maximum Gasteiger partial charge on any atom is 0.329 e. The largest absolute Gasteiger partial charge is 0.355 e. The maximum absolute atomic E-state index is 12.6. The van der Waals surface area contributed by atoms with E-state index in [0.717, 1.165) is 12.0 Å². The molecule has 0 aliphatic carbocycles. The molecule has 0 spiro atoms. The van der Waals surface area contributed by atoms with E-state index in [1.807, 2.05) is 36.4 Å². The maximum atomic E-state index is 12.6. The van der Waals surface area contributed by atoms with Gasteiger partial charge in [0, 0.05) is 18.6 Å². The molecule has 7 nitrogen and oxygen atoms in total. The van der Waals surface area contributed by atoms with Crippen molar-refractivity contribution in [3.05, 3.63) is 91.6 Å². The van der Waals surface area contributed by atoms with Crippen LogP contribution in [0.1, 0.15) is 11.1 Å². The molecule has 2 heterocycles. The molecule has 0 amide bonds. The van der Waals surface area contributed by atoms with Crippen LogP contribution in [0.5, 0.6) is 0 Å². The fraction of sp³-hybridized carbons (Fsp3) is 0.190. The molecule has 0 aliphatic rings. The highest BCUT2D eigenvalue weighted by Crippen LogP contribution is 2.21. The number of nitrogens with one attached hydrogen (secondary N) is 2. The summed E-state index contributed by atoms with van der Waals surface area (Å²) in [7, 11) is 1.58. The minimum Gasteiger partial charge on any atom is -0.355 e. The second kappa shape index (κ2) is 7.97. The predicted octanol–water partition coefficient (Wildman–Crippen LogP) is 2.78. The molecular weight excluding hydrogens is 390 g/mol. The summed E-state index contributed by atoms with van der Waals surface area (Å²) in [5.74, 6) is 0.516. The Hall–Kier alpha value is -3.32. The number of anilines is 1. The standard InChI is InChI=1S/C21H20ClN5O2/c1-26-18-17(19(28)25-21(26)29)27(13-15-9-5-6-10-16(15)22)20(24-18)23-12-11-14-7-3-2-4-8-14/h2-10H,11-13H2,1H3,(H,23,24)(H,25,28,29). The Balaban J connectivity index is 1.74. The average molecular weight is 410 g/mol. The van der Waals surface area contributed by atoms with E-state index in [0.29, 0.717) is 35.2 Å². The van der Waals surface area contributed by atoms with E-state index in [4.69, 9.17) is 11.6 Å². The lowest BCUT2D eigenvalue weighted by atomic mass is 10.1. The van der Waals surface area contributed by atoms with E-state index >= 15 is 0 Å². The fourth-order valence-electron chi connectivity index (χ4n) is 3.28. The number of imidazole rings is 1. The number of aryl methyl sites for hydroxylation is 1. The lowest BCUT2D eigenvalue weighted by molar-refractivity contribution is 0.805. The van der Waals surface area contributed by atoms with E-state index < -0.39 is 11.2 Å². The van der Waals surface area contributed by atoms with Crippen molar-refractivity contribution in [2.75, 3.05) is 11.9 Å². The molecule has 0 saturated heterocycles. The van der Waals surface area contributed by atoms with Crippen LogP contribution in [-0.4, -0.2) is 25.6 Å². The number of halogens is 1. The second-order valence-electron chi connectivity index (χ2n) is 6.77. The van der Waals surface area contributed by atoms with Crippen molar-refractivity contribution >= 4 is 28.7 Å². The van der Waals surface area contributed by atoms with Crippen LogP contribution in [-0.2, 0) is 20.0 Å². The first-order valence-corrected chi connectivity index (χ1v) is 9.63. The quantitative estimate of drug-likeness (QED) is 0.513. The number of aromatic nitrogens is 4. The van der Waals surface area contributed by atoms with Gasteiger partial charge in [-0.2, -0.15) is 4.98 Å². The smallest absolute Gasteiger partial charge is 0.329 e. The summed E-state index contributed by atoms with van der Waals surface area (Å²) >= 11 is 6.33. The van der Waals surface area contributed by atoms with Gasteiger partial charge in [-0.25, -0.2) is 4.79 Å². The Bertz CT molecular complexity index is 1270. The lowest BCUT2D eigenvalue weighted by Crippen LogP contribution is -2.29. The Morgan fingerprint density at radius 3 is 2.55 bits per heavy atom. The summed E-state index contributed by atoms with van der Waals surface area (Å²) in [5, 5.41) is 3.91. The summed E-state index contributed by atoms with van der Waals surface area (Å²) < 4.78 is 3.10. The van der Waals surface area contributed by atoms with Gasteiger partial charge in [0.25, 0.3) is 5.56 Å². The molecular formula is C21H20ClN5O2. The highest BCUT2D eigenvalue weighted by atomic mass is 35.5. The molecule has 2 aromatic heterocycles. The van der Waals surface area contributed by atoms with Crippen LogP contribution in [0.15, 0.2) is 64.2 Å². The molecule has 2 N–H and O–H groups in total. The molecule has 0 fully saturated rings. The summed E-state index contributed by atoms with van der Waals surface area (Å²) in [4.78, 5) is 31.5. The van der Waals surface area contributed by atoms with E-state index in [1.54, 1.807) is 17.7 Å². The number of rotatable bonds is 6. The van der Waals surface area contributed by atoms with Gasteiger partial charge in [-0.05, 0) is 23.6 Å². The summed E-state index contributed by atoms with van der Waals surface area (Å²) in [6.45, 7) is 0.979. The van der Waals surface area contributed by atoms with Crippen molar-refractivity contribution in [2.45, 2.75) is 13.0 Å². The van der Waals surface area contributed by atoms with E-state index in [2.05, 4.69) is 27.4 Å². The molecule has 0 radical (unpaired) electrons. The van der Waals surface area contributed by atoms with Gasteiger partial charge in [0.05, 0.1) is 6.54 Å². The number of benzene rings is 2. The molecule has 2 aromatic carbocycles. The van der Waals surface area contributed by atoms with Crippen molar-refractivity contribution in [2.24, 2.45) is 7.05 Å². The third kappa shape index (κ3) is 3.82. The first-order valence-electron chi connectivity index (χ1n) is 9.25. The van der Waals surface area contributed by atoms with Crippen molar-refractivity contribution < 1.29 is 0 Å². The van der Waals surface area contributed by atoms with Crippen LogP contribution in [0.25, 0.3) is 11.2 Å².